The van der Waals surface area contributed by atoms with Gasteiger partial charge in [0.1, 0.15) is 0 Å². The van der Waals surface area contributed by atoms with E-state index in [0.29, 0.717) is 12.0 Å². The fourth-order valence-electron chi connectivity index (χ4n) is 2.90. The molecule has 0 spiro atoms. The highest BCUT2D eigenvalue weighted by molar-refractivity contribution is 4.78. The van der Waals surface area contributed by atoms with Crippen LogP contribution in [0.25, 0.3) is 0 Å². The van der Waals surface area contributed by atoms with Gasteiger partial charge >= 0.3 is 0 Å². The molecule has 96 valence electrons. The molecule has 1 saturated carbocycles. The lowest BCUT2D eigenvalue weighted by atomic mass is 9.87. The molecule has 3 N–H and O–H groups in total. The van der Waals surface area contributed by atoms with Crippen LogP contribution in [0.15, 0.2) is 0 Å². The first-order valence-corrected chi connectivity index (χ1v) is 6.73. The number of hydrogen-bond acceptors (Lipinski definition) is 3. The minimum absolute atomic E-state index is 0.475. The summed E-state index contributed by atoms with van der Waals surface area (Å²) in [4.78, 5) is 0. The van der Waals surface area contributed by atoms with E-state index in [4.69, 9.17) is 10.6 Å². The molecule has 0 aliphatic heterocycles. The minimum Gasteiger partial charge on any atom is -0.384 e. The van der Waals surface area contributed by atoms with Crippen LogP contribution in [0.5, 0.6) is 0 Å². The number of rotatable bonds is 6. The van der Waals surface area contributed by atoms with Crippen LogP contribution in [0.2, 0.25) is 0 Å². The molecular weight excluding hydrogens is 200 g/mol. The molecule has 1 aliphatic rings. The van der Waals surface area contributed by atoms with Gasteiger partial charge in [0.05, 0.1) is 0 Å². The summed E-state index contributed by atoms with van der Waals surface area (Å²) < 4.78 is 5.19. The maximum atomic E-state index is 5.71. The number of nitrogens with one attached hydrogen (secondary N) is 1. The van der Waals surface area contributed by atoms with Gasteiger partial charge in [-0.15, -0.1) is 0 Å². The van der Waals surface area contributed by atoms with E-state index < -0.39 is 0 Å². The van der Waals surface area contributed by atoms with Crippen molar-refractivity contribution in [2.45, 2.75) is 57.9 Å². The van der Waals surface area contributed by atoms with Gasteiger partial charge in [0.2, 0.25) is 0 Å². The normalized spacial score (nSPS) is 22.7. The minimum atomic E-state index is 0.475. The van der Waals surface area contributed by atoms with Gasteiger partial charge in [-0.25, -0.2) is 0 Å². The Morgan fingerprint density at radius 1 is 1.25 bits per heavy atom. The first kappa shape index (κ1) is 13.9. The zero-order chi connectivity index (χ0) is 11.8. The van der Waals surface area contributed by atoms with Gasteiger partial charge in [0, 0.05) is 19.8 Å². The summed E-state index contributed by atoms with van der Waals surface area (Å²) in [6.07, 6.45) is 9.38. The number of hydrazine groups is 1. The van der Waals surface area contributed by atoms with Gasteiger partial charge < -0.3 is 4.74 Å². The third-order valence-electron chi connectivity index (χ3n) is 3.79. The molecular formula is C13H28N2O. The fourth-order valence-corrected chi connectivity index (χ4v) is 2.90. The first-order chi connectivity index (χ1) is 7.77. The summed E-state index contributed by atoms with van der Waals surface area (Å²) >= 11 is 0. The van der Waals surface area contributed by atoms with E-state index in [9.17, 15) is 0 Å². The summed E-state index contributed by atoms with van der Waals surface area (Å²) in [5.41, 5.74) is 3.03. The Bertz CT molecular complexity index is 167. The molecule has 0 heterocycles. The largest absolute Gasteiger partial charge is 0.384 e. The molecule has 3 heteroatoms. The molecule has 2 unspecified atom stereocenters. The van der Waals surface area contributed by atoms with E-state index in [1.165, 1.54) is 38.5 Å². The predicted octanol–water partition coefficient (Wildman–Crippen LogP) is 2.46. The summed E-state index contributed by atoms with van der Waals surface area (Å²) in [6.45, 7) is 3.08. The molecule has 0 aromatic carbocycles. The average Bonchev–Trinajstić information content (AvgIpc) is 2.55. The molecule has 2 atom stereocenters. The van der Waals surface area contributed by atoms with Gasteiger partial charge in [-0.05, 0) is 31.1 Å². The smallest absolute Gasteiger partial charge is 0.0488 e. The Morgan fingerprint density at radius 2 is 1.88 bits per heavy atom. The Labute approximate surface area is 100 Å². The molecule has 1 rings (SSSR count). The lowest BCUT2D eigenvalue weighted by molar-refractivity contribution is 0.140. The van der Waals surface area contributed by atoms with Crippen LogP contribution < -0.4 is 11.3 Å². The fraction of sp³-hybridized carbons (Fsp3) is 1.00. The van der Waals surface area contributed by atoms with E-state index in [1.54, 1.807) is 7.11 Å². The first-order valence-electron chi connectivity index (χ1n) is 6.73. The van der Waals surface area contributed by atoms with Crippen LogP contribution in [-0.4, -0.2) is 19.8 Å². The third kappa shape index (κ3) is 4.81. The second-order valence-corrected chi connectivity index (χ2v) is 5.32. The highest BCUT2D eigenvalue weighted by atomic mass is 16.5. The van der Waals surface area contributed by atoms with Crippen molar-refractivity contribution >= 4 is 0 Å². The van der Waals surface area contributed by atoms with Crippen molar-refractivity contribution in [1.82, 2.24) is 5.43 Å². The van der Waals surface area contributed by atoms with Crippen LogP contribution in [0.4, 0.5) is 0 Å². The van der Waals surface area contributed by atoms with Crippen molar-refractivity contribution in [1.29, 1.82) is 0 Å². The zero-order valence-corrected chi connectivity index (χ0v) is 10.9. The van der Waals surface area contributed by atoms with Gasteiger partial charge in [-0.2, -0.15) is 0 Å². The quantitative estimate of drug-likeness (QED) is 0.417. The second-order valence-electron chi connectivity index (χ2n) is 5.32. The molecule has 3 nitrogen and oxygen atoms in total. The molecule has 0 radical (unpaired) electrons. The van der Waals surface area contributed by atoms with Crippen LogP contribution in [0, 0.1) is 11.8 Å². The van der Waals surface area contributed by atoms with E-state index in [1.807, 2.05) is 0 Å². The number of ether oxygens (including phenoxy) is 1. The van der Waals surface area contributed by atoms with E-state index >= 15 is 0 Å². The topological polar surface area (TPSA) is 47.3 Å². The average molecular weight is 228 g/mol. The van der Waals surface area contributed by atoms with E-state index in [2.05, 4.69) is 12.3 Å². The summed E-state index contributed by atoms with van der Waals surface area (Å²) in [5, 5.41) is 0. The molecule has 1 fully saturated rings. The summed E-state index contributed by atoms with van der Waals surface area (Å²) in [5.74, 6) is 7.07. The van der Waals surface area contributed by atoms with Crippen molar-refractivity contribution in [3.63, 3.8) is 0 Å². The molecule has 16 heavy (non-hydrogen) atoms. The van der Waals surface area contributed by atoms with Crippen molar-refractivity contribution in [3.05, 3.63) is 0 Å². The van der Waals surface area contributed by atoms with Crippen LogP contribution in [-0.2, 0) is 4.74 Å². The van der Waals surface area contributed by atoms with Crippen molar-refractivity contribution in [2.24, 2.45) is 17.7 Å². The van der Waals surface area contributed by atoms with Crippen molar-refractivity contribution in [2.75, 3.05) is 13.7 Å². The molecule has 0 aromatic rings. The number of methoxy groups -OCH3 is 1. The molecule has 1 aliphatic carbocycles. The molecule has 0 saturated heterocycles. The highest BCUT2D eigenvalue weighted by Gasteiger charge is 2.23. The molecule has 0 amide bonds. The maximum absolute atomic E-state index is 5.71. The Hall–Kier alpha value is -0.120. The highest BCUT2D eigenvalue weighted by Crippen LogP contribution is 2.28. The second kappa shape index (κ2) is 8.04. The Morgan fingerprint density at radius 3 is 2.38 bits per heavy atom. The van der Waals surface area contributed by atoms with E-state index in [-0.39, 0.29) is 0 Å². The van der Waals surface area contributed by atoms with Crippen LogP contribution >= 0.6 is 0 Å². The number of nitrogens with two attached hydrogens (primary N) is 1. The van der Waals surface area contributed by atoms with Gasteiger partial charge in [0.25, 0.3) is 0 Å². The zero-order valence-electron chi connectivity index (χ0n) is 10.9. The Balaban J connectivity index is 2.38. The van der Waals surface area contributed by atoms with Gasteiger partial charge in [-0.3, -0.25) is 11.3 Å². The molecule has 0 aromatic heterocycles. The SMILES string of the molecule is COCC(C)CC(NN)C1CCCCCC1. The summed E-state index contributed by atoms with van der Waals surface area (Å²) in [7, 11) is 1.77. The standard InChI is InChI=1S/C13H28N2O/c1-11(10-16-2)9-13(15-14)12-7-5-3-4-6-8-12/h11-13,15H,3-10,14H2,1-2H3. The van der Waals surface area contributed by atoms with Crippen LogP contribution in [0.1, 0.15) is 51.9 Å². The maximum Gasteiger partial charge on any atom is 0.0488 e. The predicted molar refractivity (Wildman–Crippen MR) is 68.0 cm³/mol. The van der Waals surface area contributed by atoms with E-state index in [0.717, 1.165) is 18.9 Å². The van der Waals surface area contributed by atoms with Gasteiger partial charge in [0.15, 0.2) is 0 Å². The third-order valence-corrected chi connectivity index (χ3v) is 3.79. The lowest BCUT2D eigenvalue weighted by Crippen LogP contribution is -2.42. The van der Waals surface area contributed by atoms with Crippen molar-refractivity contribution in [3.8, 4) is 0 Å². The molecule has 0 bridgehead atoms. The van der Waals surface area contributed by atoms with Crippen molar-refractivity contribution < 1.29 is 4.74 Å². The lowest BCUT2D eigenvalue weighted by Gasteiger charge is -2.27. The number of hydrogen-bond donors (Lipinski definition) is 2. The van der Waals surface area contributed by atoms with Gasteiger partial charge in [-0.1, -0.05) is 32.6 Å². The summed E-state index contributed by atoms with van der Waals surface area (Å²) in [6, 6.07) is 0.475. The van der Waals surface area contributed by atoms with Crippen LogP contribution in [0.3, 0.4) is 0 Å². The monoisotopic (exact) mass is 228 g/mol. The Kier molecular flexibility index (Phi) is 7.01.